The Labute approximate surface area is 296 Å². The van der Waals surface area contributed by atoms with Crippen molar-refractivity contribution < 1.29 is 23.8 Å². The number of hydrogen-bond acceptors (Lipinski definition) is 5. The number of carbonyl (C=O) groups is 2. The van der Waals surface area contributed by atoms with Crippen molar-refractivity contribution in [3.05, 3.63) is 119 Å². The van der Waals surface area contributed by atoms with Crippen LogP contribution in [-0.4, -0.2) is 35.3 Å². The van der Waals surface area contributed by atoms with E-state index in [1.54, 1.807) is 0 Å². The van der Waals surface area contributed by atoms with Gasteiger partial charge in [-0.2, -0.15) is 0 Å². The summed E-state index contributed by atoms with van der Waals surface area (Å²) in [6.45, 7) is 24.5. The molecule has 2 aliphatic carbocycles. The molecular formula is C44H60O5. The molecule has 0 aromatic rings. The topological polar surface area (TPSA) is 65.1 Å². The van der Waals surface area contributed by atoms with Gasteiger partial charge in [0.1, 0.15) is 23.4 Å². The molecule has 3 aliphatic rings. The number of hydrogen-bond donors (Lipinski definition) is 0. The van der Waals surface area contributed by atoms with Crippen molar-refractivity contribution in [2.75, 3.05) is 0 Å². The predicted molar refractivity (Wildman–Crippen MR) is 203 cm³/mol. The van der Waals surface area contributed by atoms with Crippen molar-refractivity contribution in [2.45, 2.75) is 132 Å². The highest BCUT2D eigenvalue weighted by Gasteiger charge is 2.75. The maximum atomic E-state index is 11.5. The van der Waals surface area contributed by atoms with Gasteiger partial charge in [-0.25, -0.2) is 0 Å². The van der Waals surface area contributed by atoms with Crippen molar-refractivity contribution >= 4 is 11.9 Å². The summed E-state index contributed by atoms with van der Waals surface area (Å²) in [7, 11) is 0. The molecule has 2 fully saturated rings. The summed E-state index contributed by atoms with van der Waals surface area (Å²) in [6, 6.07) is 0. The molecule has 0 bridgehead atoms. The third-order valence-electron chi connectivity index (χ3n) is 9.98. The van der Waals surface area contributed by atoms with Gasteiger partial charge in [-0.15, -0.1) is 0 Å². The maximum absolute atomic E-state index is 11.5. The zero-order chi connectivity index (χ0) is 36.6. The Morgan fingerprint density at radius 2 is 1.14 bits per heavy atom. The van der Waals surface area contributed by atoms with E-state index in [9.17, 15) is 9.59 Å². The van der Waals surface area contributed by atoms with Crippen LogP contribution in [0.2, 0.25) is 0 Å². The predicted octanol–water partition coefficient (Wildman–Crippen LogP) is 10.9. The van der Waals surface area contributed by atoms with Crippen LogP contribution in [0.4, 0.5) is 0 Å². The van der Waals surface area contributed by atoms with Crippen molar-refractivity contribution in [1.82, 2.24) is 0 Å². The van der Waals surface area contributed by atoms with E-state index >= 15 is 0 Å². The van der Waals surface area contributed by atoms with Gasteiger partial charge in [0.15, 0.2) is 0 Å². The molecule has 1 saturated carbocycles. The lowest BCUT2D eigenvalue weighted by atomic mass is 9.63. The molecule has 0 amide bonds. The number of carbonyl (C=O) groups excluding carboxylic acids is 2. The van der Waals surface area contributed by atoms with Gasteiger partial charge in [-0.3, -0.25) is 9.59 Å². The van der Waals surface area contributed by atoms with Gasteiger partial charge in [0.25, 0.3) is 0 Å². The summed E-state index contributed by atoms with van der Waals surface area (Å²) in [5, 5.41) is 0. The van der Waals surface area contributed by atoms with Gasteiger partial charge in [-0.1, -0.05) is 135 Å². The van der Waals surface area contributed by atoms with E-state index in [0.29, 0.717) is 0 Å². The van der Waals surface area contributed by atoms with Crippen LogP contribution in [-0.2, 0) is 23.8 Å². The number of rotatable bonds is 12. The molecule has 0 aromatic heterocycles. The zero-order valence-corrected chi connectivity index (χ0v) is 32.1. The maximum Gasteiger partial charge on any atom is 0.302 e. The normalized spacial score (nSPS) is 29.5. The number of ether oxygens (including phenoxy) is 3. The second-order valence-corrected chi connectivity index (χ2v) is 15.7. The largest absolute Gasteiger partial charge is 0.462 e. The first-order chi connectivity index (χ1) is 22.8. The van der Waals surface area contributed by atoms with Crippen LogP contribution < -0.4 is 0 Å². The van der Waals surface area contributed by atoms with E-state index in [4.69, 9.17) is 14.2 Å². The Hall–Kier alpha value is -3.70. The fourth-order valence-electron chi connectivity index (χ4n) is 7.63. The van der Waals surface area contributed by atoms with Gasteiger partial charge >= 0.3 is 11.9 Å². The van der Waals surface area contributed by atoms with Crippen molar-refractivity contribution in [1.29, 1.82) is 0 Å². The number of fused-ring (bicyclic) bond motifs is 1. The minimum Gasteiger partial charge on any atom is -0.462 e. The van der Waals surface area contributed by atoms with Gasteiger partial charge in [0.05, 0.1) is 0 Å². The summed E-state index contributed by atoms with van der Waals surface area (Å²) in [5.41, 5.74) is 6.42. The van der Waals surface area contributed by atoms with Gasteiger partial charge < -0.3 is 14.2 Å². The highest BCUT2D eigenvalue weighted by molar-refractivity contribution is 5.66. The number of epoxide rings is 1. The fourth-order valence-corrected chi connectivity index (χ4v) is 7.63. The van der Waals surface area contributed by atoms with Crippen LogP contribution in [0.15, 0.2) is 119 Å². The molecule has 0 unspecified atom stereocenters. The van der Waals surface area contributed by atoms with Crippen LogP contribution in [0.3, 0.4) is 0 Å². The van der Waals surface area contributed by atoms with Crippen molar-refractivity contribution in [2.24, 2.45) is 10.8 Å². The molecule has 266 valence electrons. The first-order valence-corrected chi connectivity index (χ1v) is 17.6. The van der Waals surface area contributed by atoms with Crippen LogP contribution in [0.1, 0.15) is 109 Å². The quantitative estimate of drug-likeness (QED) is 0.118. The van der Waals surface area contributed by atoms with Crippen LogP contribution in [0.5, 0.6) is 0 Å². The lowest BCUT2D eigenvalue weighted by Crippen LogP contribution is -2.47. The van der Waals surface area contributed by atoms with E-state index in [1.807, 2.05) is 0 Å². The smallest absolute Gasteiger partial charge is 0.302 e. The van der Waals surface area contributed by atoms with E-state index in [2.05, 4.69) is 154 Å². The average Bonchev–Trinajstić information content (AvgIpc) is 3.58. The summed E-state index contributed by atoms with van der Waals surface area (Å²) in [4.78, 5) is 23.0. The molecule has 5 heteroatoms. The Balaban J connectivity index is 1.51. The van der Waals surface area contributed by atoms with Gasteiger partial charge in [0.2, 0.25) is 0 Å². The summed E-state index contributed by atoms with van der Waals surface area (Å²) >= 11 is 0. The molecule has 5 nitrogen and oxygen atoms in total. The minimum absolute atomic E-state index is 0.0412. The highest BCUT2D eigenvalue weighted by atomic mass is 16.6. The van der Waals surface area contributed by atoms with E-state index < -0.39 is 0 Å². The lowest BCUT2D eigenvalue weighted by molar-refractivity contribution is -0.150. The SMILES string of the molecule is CC(=O)O[C@@H]1CC(C)=C(/C=C/C(C)=C/C=C/C(C)=C\C=C\C=C(C)\C=C\C=C(C)\C=C\[C@]23O[C@@]2(C)C[C@@H](OC(C)=O)CC3(C)C)C(C)(C)C1. The average molecular weight is 669 g/mol. The summed E-state index contributed by atoms with van der Waals surface area (Å²) < 4.78 is 17.4. The molecular weight excluding hydrogens is 608 g/mol. The molecule has 1 aliphatic heterocycles. The van der Waals surface area contributed by atoms with Crippen LogP contribution >= 0.6 is 0 Å². The monoisotopic (exact) mass is 668 g/mol. The number of esters is 2. The molecule has 3 rings (SSSR count). The Morgan fingerprint density at radius 3 is 1.65 bits per heavy atom. The zero-order valence-electron chi connectivity index (χ0n) is 32.1. The molecule has 0 N–H and O–H groups in total. The Bertz CT molecular complexity index is 1560. The molecule has 0 aromatic carbocycles. The molecule has 49 heavy (non-hydrogen) atoms. The molecule has 4 atom stereocenters. The minimum atomic E-state index is -0.341. The molecule has 0 spiro atoms. The standard InChI is InChI=1S/C44H60O5/c1-31(19-15-21-33(3)23-24-40-35(5)27-38(47-36(6)45)28-41(40,8)9)17-13-14-18-32(2)20-16-22-34(4)25-26-44-42(10,11)29-39(48-37(7)46)30-43(44,12)49-44/h13-26,38-39H,27-30H2,1-12H3/b14-13+,19-15+,20-16+,24-23+,26-25+,31-17-,32-18+,33-21+,34-22+/t38-,39+,43+,44-/m1/s1. The van der Waals surface area contributed by atoms with Crippen LogP contribution in [0, 0.1) is 10.8 Å². The second-order valence-electron chi connectivity index (χ2n) is 15.7. The summed E-state index contributed by atoms with van der Waals surface area (Å²) in [6.07, 6.45) is 32.7. The first kappa shape index (κ1) is 39.7. The van der Waals surface area contributed by atoms with E-state index in [1.165, 1.54) is 30.6 Å². The van der Waals surface area contributed by atoms with Crippen LogP contribution in [0.25, 0.3) is 0 Å². The Kier molecular flexibility index (Phi) is 13.2. The lowest BCUT2D eigenvalue weighted by Gasteiger charge is -2.40. The fraction of sp³-hybridized carbons (Fsp3) is 0.500. The van der Waals surface area contributed by atoms with E-state index in [-0.39, 0.29) is 46.2 Å². The molecule has 0 radical (unpaired) electrons. The van der Waals surface area contributed by atoms with Crippen molar-refractivity contribution in [3.63, 3.8) is 0 Å². The number of allylic oxidation sites excluding steroid dienone is 18. The van der Waals surface area contributed by atoms with Gasteiger partial charge in [0, 0.05) is 32.1 Å². The third kappa shape index (κ3) is 10.9. The molecule has 1 heterocycles. The van der Waals surface area contributed by atoms with E-state index in [0.717, 1.165) is 42.4 Å². The Morgan fingerprint density at radius 1 is 0.653 bits per heavy atom. The third-order valence-corrected chi connectivity index (χ3v) is 9.98. The summed E-state index contributed by atoms with van der Waals surface area (Å²) in [5.74, 6) is -0.436. The van der Waals surface area contributed by atoms with Gasteiger partial charge in [-0.05, 0) is 71.4 Å². The highest BCUT2D eigenvalue weighted by Crippen LogP contribution is 2.66. The second kappa shape index (κ2) is 16.3. The first-order valence-electron chi connectivity index (χ1n) is 17.6. The molecule has 1 saturated heterocycles. The van der Waals surface area contributed by atoms with Crippen molar-refractivity contribution in [3.8, 4) is 0 Å².